The second kappa shape index (κ2) is 3.21. The molecule has 0 atom stereocenters. The van der Waals surface area contributed by atoms with Crippen LogP contribution in [0.3, 0.4) is 0 Å². The van der Waals surface area contributed by atoms with E-state index in [2.05, 4.69) is 5.32 Å². The molecule has 74 valence electrons. The number of fused-ring (bicyclic) bond motifs is 1. The smallest absolute Gasteiger partial charge is 0.308 e. The summed E-state index contributed by atoms with van der Waals surface area (Å²) >= 11 is 0. The van der Waals surface area contributed by atoms with Gasteiger partial charge >= 0.3 is 5.97 Å². The zero-order valence-corrected chi connectivity index (χ0v) is 7.83. The van der Waals surface area contributed by atoms with Gasteiger partial charge in [-0.3, -0.25) is 4.79 Å². The van der Waals surface area contributed by atoms with E-state index in [-0.39, 0.29) is 11.5 Å². The van der Waals surface area contributed by atoms with Crippen molar-refractivity contribution >= 4 is 11.7 Å². The highest BCUT2D eigenvalue weighted by Gasteiger charge is 2.15. The summed E-state index contributed by atoms with van der Waals surface area (Å²) in [6.07, 6.45) is 0.893. The minimum Gasteiger partial charge on any atom is -0.504 e. The van der Waals surface area contributed by atoms with Gasteiger partial charge in [0.1, 0.15) is 0 Å². The van der Waals surface area contributed by atoms with Crippen molar-refractivity contribution in [1.82, 2.24) is 0 Å². The van der Waals surface area contributed by atoms with Gasteiger partial charge in [0.05, 0.1) is 0 Å². The third-order valence-corrected chi connectivity index (χ3v) is 2.15. The van der Waals surface area contributed by atoms with Crippen LogP contribution in [0.4, 0.5) is 5.69 Å². The van der Waals surface area contributed by atoms with Crippen molar-refractivity contribution in [3.63, 3.8) is 0 Å². The zero-order chi connectivity index (χ0) is 10.1. The van der Waals surface area contributed by atoms with E-state index in [1.165, 1.54) is 6.92 Å². The Morgan fingerprint density at radius 1 is 1.57 bits per heavy atom. The maximum Gasteiger partial charge on any atom is 0.308 e. The molecule has 1 aromatic carbocycles. The first kappa shape index (κ1) is 8.87. The number of carbonyl (C=O) groups is 1. The predicted molar refractivity (Wildman–Crippen MR) is 51.6 cm³/mol. The number of esters is 1. The number of phenolic OH excluding ortho intramolecular Hbond substituents is 1. The molecule has 1 aromatic rings. The van der Waals surface area contributed by atoms with Gasteiger partial charge in [0, 0.05) is 25.2 Å². The summed E-state index contributed by atoms with van der Waals surface area (Å²) in [6, 6.07) is 3.28. The van der Waals surface area contributed by atoms with Crippen LogP contribution in [0.5, 0.6) is 11.5 Å². The van der Waals surface area contributed by atoms with Crippen LogP contribution >= 0.6 is 0 Å². The molecule has 1 aliphatic rings. The molecule has 0 aromatic heterocycles. The Morgan fingerprint density at radius 2 is 2.36 bits per heavy atom. The fourth-order valence-corrected chi connectivity index (χ4v) is 1.55. The summed E-state index contributed by atoms with van der Waals surface area (Å²) < 4.78 is 4.85. The summed E-state index contributed by atoms with van der Waals surface area (Å²) in [4.78, 5) is 10.7. The minimum absolute atomic E-state index is 0.00616. The fraction of sp³-hybridized carbons (Fsp3) is 0.300. The van der Waals surface area contributed by atoms with Crippen LogP contribution in [-0.4, -0.2) is 17.6 Å². The Balaban J connectivity index is 2.37. The molecule has 0 aliphatic carbocycles. The van der Waals surface area contributed by atoms with E-state index < -0.39 is 5.97 Å². The molecule has 0 amide bonds. The van der Waals surface area contributed by atoms with Crippen LogP contribution in [-0.2, 0) is 11.2 Å². The van der Waals surface area contributed by atoms with E-state index in [0.717, 1.165) is 24.2 Å². The second-order valence-electron chi connectivity index (χ2n) is 3.25. The van der Waals surface area contributed by atoms with Crippen molar-refractivity contribution in [1.29, 1.82) is 0 Å². The summed E-state index contributed by atoms with van der Waals surface area (Å²) in [5.74, 6) is -0.195. The average molecular weight is 193 g/mol. The van der Waals surface area contributed by atoms with E-state index in [0.29, 0.717) is 0 Å². The molecule has 0 saturated carbocycles. The van der Waals surface area contributed by atoms with Crippen LogP contribution in [0.2, 0.25) is 0 Å². The first-order chi connectivity index (χ1) is 6.66. The number of phenols is 1. The molecule has 2 rings (SSSR count). The van der Waals surface area contributed by atoms with Crippen molar-refractivity contribution in [3.05, 3.63) is 17.7 Å². The van der Waals surface area contributed by atoms with Crippen LogP contribution in [0.15, 0.2) is 12.1 Å². The molecule has 1 heterocycles. The van der Waals surface area contributed by atoms with Crippen LogP contribution in [0.1, 0.15) is 12.5 Å². The van der Waals surface area contributed by atoms with Gasteiger partial charge in [-0.05, 0) is 18.1 Å². The Hall–Kier alpha value is -1.71. The summed E-state index contributed by atoms with van der Waals surface area (Å²) in [5, 5.41) is 12.6. The largest absolute Gasteiger partial charge is 0.504 e. The fourth-order valence-electron chi connectivity index (χ4n) is 1.55. The zero-order valence-electron chi connectivity index (χ0n) is 7.83. The number of ether oxygens (including phenoxy) is 1. The van der Waals surface area contributed by atoms with E-state index in [9.17, 15) is 9.90 Å². The van der Waals surface area contributed by atoms with Gasteiger partial charge in [0.25, 0.3) is 0 Å². The maximum atomic E-state index is 10.7. The summed E-state index contributed by atoms with van der Waals surface area (Å²) in [6.45, 7) is 2.17. The molecule has 0 radical (unpaired) electrons. The van der Waals surface area contributed by atoms with Crippen molar-refractivity contribution < 1.29 is 14.6 Å². The van der Waals surface area contributed by atoms with Crippen LogP contribution in [0.25, 0.3) is 0 Å². The number of anilines is 1. The monoisotopic (exact) mass is 193 g/mol. The highest BCUT2D eigenvalue weighted by atomic mass is 16.5. The number of carbonyl (C=O) groups excluding carboxylic acids is 1. The summed E-state index contributed by atoms with van der Waals surface area (Å²) in [5.41, 5.74) is 1.98. The van der Waals surface area contributed by atoms with E-state index in [1.54, 1.807) is 12.1 Å². The highest BCUT2D eigenvalue weighted by molar-refractivity contribution is 5.72. The van der Waals surface area contributed by atoms with Crippen molar-refractivity contribution in [2.24, 2.45) is 0 Å². The van der Waals surface area contributed by atoms with E-state index in [1.807, 2.05) is 0 Å². The lowest BCUT2D eigenvalue weighted by molar-refractivity contribution is -0.132. The van der Waals surface area contributed by atoms with Crippen molar-refractivity contribution in [2.45, 2.75) is 13.3 Å². The topological polar surface area (TPSA) is 58.6 Å². The van der Waals surface area contributed by atoms with Gasteiger partial charge in [0.15, 0.2) is 11.5 Å². The van der Waals surface area contributed by atoms with E-state index in [4.69, 9.17) is 4.74 Å². The van der Waals surface area contributed by atoms with Crippen molar-refractivity contribution in [2.75, 3.05) is 11.9 Å². The molecule has 0 bridgehead atoms. The number of hydrogen-bond donors (Lipinski definition) is 2. The average Bonchev–Trinajstić information content (AvgIpc) is 2.51. The van der Waals surface area contributed by atoms with Gasteiger partial charge in [0.2, 0.25) is 0 Å². The van der Waals surface area contributed by atoms with Crippen molar-refractivity contribution in [3.8, 4) is 11.5 Å². The van der Waals surface area contributed by atoms with Gasteiger partial charge in [-0.2, -0.15) is 0 Å². The molecule has 0 saturated heterocycles. The lowest BCUT2D eigenvalue weighted by atomic mass is 10.1. The number of hydrogen-bond acceptors (Lipinski definition) is 4. The minimum atomic E-state index is -0.425. The van der Waals surface area contributed by atoms with Gasteiger partial charge in [-0.15, -0.1) is 0 Å². The number of benzene rings is 1. The highest BCUT2D eigenvalue weighted by Crippen LogP contribution is 2.35. The van der Waals surface area contributed by atoms with Gasteiger partial charge in [-0.1, -0.05) is 0 Å². The maximum absolute atomic E-state index is 10.7. The molecule has 0 unspecified atom stereocenters. The molecule has 1 aliphatic heterocycles. The lowest BCUT2D eigenvalue weighted by Gasteiger charge is -2.06. The summed E-state index contributed by atoms with van der Waals surface area (Å²) in [7, 11) is 0. The second-order valence-corrected chi connectivity index (χ2v) is 3.25. The van der Waals surface area contributed by atoms with Gasteiger partial charge in [-0.25, -0.2) is 0 Å². The first-order valence-corrected chi connectivity index (χ1v) is 4.45. The third-order valence-electron chi connectivity index (χ3n) is 2.15. The Morgan fingerprint density at radius 3 is 3.07 bits per heavy atom. The molecule has 2 N–H and O–H groups in total. The predicted octanol–water partition coefficient (Wildman–Crippen LogP) is 1.29. The molecular weight excluding hydrogens is 182 g/mol. The normalized spacial score (nSPS) is 13.2. The molecule has 0 spiro atoms. The van der Waals surface area contributed by atoms with E-state index >= 15 is 0 Å². The van der Waals surface area contributed by atoms with Crippen LogP contribution in [0, 0.1) is 0 Å². The standard InChI is InChI=1S/C10H11NO3/c1-6(12)14-10-4-7-2-3-11-8(7)5-9(10)13/h4-5,11,13H,2-3H2,1H3. The Bertz CT molecular complexity index is 387. The molecule has 0 fully saturated rings. The third kappa shape index (κ3) is 1.51. The number of rotatable bonds is 1. The lowest BCUT2D eigenvalue weighted by Crippen LogP contribution is -2.01. The molecule has 14 heavy (non-hydrogen) atoms. The first-order valence-electron chi connectivity index (χ1n) is 4.45. The van der Waals surface area contributed by atoms with Crippen LogP contribution < -0.4 is 10.1 Å². The molecular formula is C10H11NO3. The molecule has 4 heteroatoms. The Kier molecular flexibility index (Phi) is 2.04. The van der Waals surface area contributed by atoms with Gasteiger partial charge < -0.3 is 15.2 Å². The number of nitrogens with one attached hydrogen (secondary N) is 1. The molecule has 4 nitrogen and oxygen atoms in total. The number of aromatic hydroxyl groups is 1. The SMILES string of the molecule is CC(=O)Oc1cc2c(cc1O)NCC2. The quantitative estimate of drug-likeness (QED) is 0.521. The Labute approximate surface area is 81.5 Å².